The van der Waals surface area contributed by atoms with Crippen molar-refractivity contribution in [3.63, 3.8) is 0 Å². The molecule has 0 bridgehead atoms. The summed E-state index contributed by atoms with van der Waals surface area (Å²) in [6.07, 6.45) is -0.0385. The first-order valence-electron chi connectivity index (χ1n) is 4.94. The Kier molecular flexibility index (Phi) is 4.42. The van der Waals surface area contributed by atoms with Gasteiger partial charge in [0, 0.05) is 6.10 Å². The molecule has 90 valence electrons. The Morgan fingerprint density at radius 2 is 1.88 bits per heavy atom. The predicted octanol–water partition coefficient (Wildman–Crippen LogP) is 0.752. The minimum Gasteiger partial charge on any atom is -0.478 e. The minimum atomic E-state index is -1.25. The first-order chi connectivity index (χ1) is 7.93. The van der Waals surface area contributed by atoms with E-state index in [-0.39, 0.29) is 27.0 Å². The molecule has 0 amide bonds. The van der Waals surface area contributed by atoms with Crippen molar-refractivity contribution in [2.24, 2.45) is 0 Å². The van der Waals surface area contributed by atoms with E-state index in [0.717, 1.165) is 0 Å². The predicted molar refractivity (Wildman–Crippen MR) is 62.0 cm³/mol. The molecule has 0 aromatic heterocycles. The van der Waals surface area contributed by atoms with E-state index in [1.165, 1.54) is 12.1 Å². The normalized spacial score (nSPS) is 10.5. The van der Waals surface area contributed by atoms with E-state index < -0.39 is 11.9 Å². The van der Waals surface area contributed by atoms with Gasteiger partial charge in [-0.25, -0.2) is 9.59 Å². The van der Waals surface area contributed by atoms with Crippen LogP contribution in [0.5, 0.6) is 0 Å². The largest absolute Gasteiger partial charge is 0.478 e. The maximum absolute atomic E-state index is 11.1. The second-order valence-electron chi connectivity index (χ2n) is 3.61. The SMILES string of the molecule is CC(C)O[Si]c1cccc(C(=O)O)c1C(=O)O. The maximum atomic E-state index is 11.1. The summed E-state index contributed by atoms with van der Waals surface area (Å²) in [5, 5.41) is 18.4. The average molecular weight is 252 g/mol. The van der Waals surface area contributed by atoms with Crippen molar-refractivity contribution >= 4 is 26.9 Å². The Labute approximate surface area is 101 Å². The quantitative estimate of drug-likeness (QED) is 0.756. The van der Waals surface area contributed by atoms with E-state index in [1.807, 2.05) is 13.8 Å². The molecular formula is C11H12O5Si. The monoisotopic (exact) mass is 252 g/mol. The van der Waals surface area contributed by atoms with Crippen LogP contribution in [0.25, 0.3) is 0 Å². The molecular weight excluding hydrogens is 240 g/mol. The van der Waals surface area contributed by atoms with Crippen molar-refractivity contribution < 1.29 is 24.2 Å². The molecule has 0 atom stereocenters. The van der Waals surface area contributed by atoms with Gasteiger partial charge in [0.05, 0.1) is 11.1 Å². The van der Waals surface area contributed by atoms with Gasteiger partial charge in [0.2, 0.25) is 0 Å². The summed E-state index contributed by atoms with van der Waals surface area (Å²) in [4.78, 5) is 22.0. The summed E-state index contributed by atoms with van der Waals surface area (Å²) < 4.78 is 5.32. The van der Waals surface area contributed by atoms with Gasteiger partial charge in [0.1, 0.15) is 0 Å². The van der Waals surface area contributed by atoms with Crippen LogP contribution in [0.3, 0.4) is 0 Å². The highest BCUT2D eigenvalue weighted by Crippen LogP contribution is 2.07. The Morgan fingerprint density at radius 1 is 1.24 bits per heavy atom. The number of carboxylic acids is 2. The number of rotatable bonds is 5. The summed E-state index contributed by atoms with van der Waals surface area (Å²) in [5.74, 6) is -2.50. The third-order valence-corrected chi connectivity index (χ3v) is 3.14. The number of hydrogen-bond donors (Lipinski definition) is 2. The van der Waals surface area contributed by atoms with Crippen LogP contribution in [0, 0.1) is 0 Å². The van der Waals surface area contributed by atoms with Gasteiger partial charge in [-0.05, 0) is 25.1 Å². The van der Waals surface area contributed by atoms with Crippen LogP contribution in [0.2, 0.25) is 0 Å². The van der Waals surface area contributed by atoms with Crippen LogP contribution < -0.4 is 5.19 Å². The Hall–Kier alpha value is -1.66. The van der Waals surface area contributed by atoms with Crippen molar-refractivity contribution in [3.05, 3.63) is 29.3 Å². The highest BCUT2D eigenvalue weighted by molar-refractivity contribution is 6.49. The van der Waals surface area contributed by atoms with Gasteiger partial charge in [-0.3, -0.25) is 0 Å². The summed E-state index contributed by atoms with van der Waals surface area (Å²) in [6, 6.07) is 4.35. The molecule has 2 N–H and O–H groups in total. The zero-order valence-corrected chi connectivity index (χ0v) is 10.4. The molecule has 1 aromatic carbocycles. The molecule has 0 heterocycles. The third-order valence-electron chi connectivity index (χ3n) is 1.91. The first kappa shape index (κ1) is 13.4. The number of hydrogen-bond acceptors (Lipinski definition) is 3. The third kappa shape index (κ3) is 3.40. The van der Waals surface area contributed by atoms with Crippen molar-refractivity contribution in [1.29, 1.82) is 0 Å². The maximum Gasteiger partial charge on any atom is 0.336 e. The van der Waals surface area contributed by atoms with Gasteiger partial charge in [0.15, 0.2) is 0 Å². The van der Waals surface area contributed by atoms with E-state index in [0.29, 0.717) is 5.19 Å². The number of aromatic carboxylic acids is 2. The van der Waals surface area contributed by atoms with Crippen LogP contribution >= 0.6 is 0 Å². The molecule has 6 heteroatoms. The zero-order valence-electron chi connectivity index (χ0n) is 9.43. The number of benzene rings is 1. The van der Waals surface area contributed by atoms with Gasteiger partial charge in [0.25, 0.3) is 9.76 Å². The van der Waals surface area contributed by atoms with Gasteiger partial charge >= 0.3 is 11.9 Å². The Balaban J connectivity index is 3.16. The smallest absolute Gasteiger partial charge is 0.336 e. The molecule has 0 unspecified atom stereocenters. The second-order valence-corrected chi connectivity index (χ2v) is 4.59. The van der Waals surface area contributed by atoms with Gasteiger partial charge in [-0.2, -0.15) is 0 Å². The molecule has 5 nitrogen and oxygen atoms in total. The van der Waals surface area contributed by atoms with Crippen LogP contribution in [0.4, 0.5) is 0 Å². The number of carboxylic acid groups (broad SMARTS) is 2. The average Bonchev–Trinajstić information content (AvgIpc) is 2.25. The van der Waals surface area contributed by atoms with E-state index in [9.17, 15) is 9.59 Å². The second kappa shape index (κ2) is 5.60. The Bertz CT molecular complexity index is 441. The molecule has 0 aliphatic heterocycles. The standard InChI is InChI=1S/C11H12O5Si/c1-6(2)16-17-8-5-3-4-7(10(12)13)9(8)11(14)15/h3-6H,1-2H3,(H,12,13)(H,14,15). The molecule has 0 fully saturated rings. The van der Waals surface area contributed by atoms with E-state index in [2.05, 4.69) is 0 Å². The van der Waals surface area contributed by atoms with E-state index >= 15 is 0 Å². The van der Waals surface area contributed by atoms with Crippen molar-refractivity contribution in [1.82, 2.24) is 0 Å². The molecule has 1 aromatic rings. The highest BCUT2D eigenvalue weighted by Gasteiger charge is 2.20. The molecule has 1 rings (SSSR count). The summed E-state index contributed by atoms with van der Waals surface area (Å²) in [7, 11) is -0.179. The van der Waals surface area contributed by atoms with Crippen LogP contribution in [0.1, 0.15) is 34.6 Å². The van der Waals surface area contributed by atoms with Crippen LogP contribution in [-0.4, -0.2) is 38.0 Å². The fourth-order valence-corrected chi connectivity index (χ4v) is 2.10. The summed E-state index contributed by atoms with van der Waals surface area (Å²) >= 11 is 0. The lowest BCUT2D eigenvalue weighted by Gasteiger charge is -2.10. The topological polar surface area (TPSA) is 83.8 Å². The molecule has 0 aliphatic rings. The first-order valence-corrected chi connectivity index (χ1v) is 5.85. The molecule has 0 spiro atoms. The lowest BCUT2D eigenvalue weighted by molar-refractivity contribution is 0.0652. The summed E-state index contributed by atoms with van der Waals surface area (Å²) in [5.41, 5.74) is -0.408. The fourth-order valence-electron chi connectivity index (χ4n) is 1.23. The van der Waals surface area contributed by atoms with E-state index in [4.69, 9.17) is 14.6 Å². The van der Waals surface area contributed by atoms with Gasteiger partial charge in [-0.1, -0.05) is 12.1 Å². The fraction of sp³-hybridized carbons (Fsp3) is 0.273. The lowest BCUT2D eigenvalue weighted by Crippen LogP contribution is -2.29. The lowest BCUT2D eigenvalue weighted by atomic mass is 10.1. The molecule has 2 radical (unpaired) electrons. The van der Waals surface area contributed by atoms with Gasteiger partial charge in [-0.15, -0.1) is 0 Å². The van der Waals surface area contributed by atoms with E-state index in [1.54, 1.807) is 6.07 Å². The zero-order chi connectivity index (χ0) is 13.0. The van der Waals surface area contributed by atoms with Crippen LogP contribution in [-0.2, 0) is 4.43 Å². The van der Waals surface area contributed by atoms with Gasteiger partial charge < -0.3 is 14.6 Å². The van der Waals surface area contributed by atoms with Crippen LogP contribution in [0.15, 0.2) is 18.2 Å². The van der Waals surface area contributed by atoms with Crippen molar-refractivity contribution in [2.45, 2.75) is 20.0 Å². The van der Waals surface area contributed by atoms with Crippen molar-refractivity contribution in [2.75, 3.05) is 0 Å². The summed E-state index contributed by atoms with van der Waals surface area (Å²) in [6.45, 7) is 3.66. The Morgan fingerprint density at radius 3 is 2.35 bits per heavy atom. The number of carbonyl (C=O) groups is 2. The highest BCUT2D eigenvalue weighted by atomic mass is 28.2. The molecule has 17 heavy (non-hydrogen) atoms. The minimum absolute atomic E-state index is 0.0385. The molecule has 0 saturated heterocycles. The molecule has 0 aliphatic carbocycles. The molecule has 0 saturated carbocycles. The van der Waals surface area contributed by atoms with Crippen molar-refractivity contribution in [3.8, 4) is 0 Å².